The number of hydrogen-bond donors (Lipinski definition) is 1. The molecule has 7 heteroatoms. The number of urea groups is 1. The Morgan fingerprint density at radius 3 is 2.83 bits per heavy atom. The Labute approximate surface area is 144 Å². The Balaban J connectivity index is 1.78. The monoisotopic (exact) mass is 335 g/mol. The lowest BCUT2D eigenvalue weighted by atomic mass is 10.1. The molecule has 1 aliphatic heterocycles. The zero-order valence-corrected chi connectivity index (χ0v) is 15.2. The van der Waals surface area contributed by atoms with Gasteiger partial charge in [0.2, 0.25) is 5.91 Å². The van der Waals surface area contributed by atoms with Gasteiger partial charge in [-0.05, 0) is 24.7 Å². The number of nitrogens with zero attached hydrogens (tertiary/aromatic N) is 4. The van der Waals surface area contributed by atoms with Crippen LogP contribution in [-0.4, -0.2) is 58.2 Å². The van der Waals surface area contributed by atoms with E-state index in [1.807, 2.05) is 21.8 Å². The Morgan fingerprint density at radius 2 is 2.21 bits per heavy atom. The molecular formula is C17H29N5O2. The molecule has 1 saturated heterocycles. The molecule has 0 bridgehead atoms. The van der Waals surface area contributed by atoms with Gasteiger partial charge in [0.1, 0.15) is 0 Å². The fourth-order valence-electron chi connectivity index (χ4n) is 2.89. The summed E-state index contributed by atoms with van der Waals surface area (Å²) < 4.78 is 1.86. The van der Waals surface area contributed by atoms with Crippen LogP contribution in [0.1, 0.15) is 33.6 Å². The predicted molar refractivity (Wildman–Crippen MR) is 93.7 cm³/mol. The van der Waals surface area contributed by atoms with E-state index in [0.717, 1.165) is 32.5 Å². The average molecular weight is 335 g/mol. The topological polar surface area (TPSA) is 70.5 Å². The summed E-state index contributed by atoms with van der Waals surface area (Å²) in [5.74, 6) is 1.65. The summed E-state index contributed by atoms with van der Waals surface area (Å²) in [5, 5.41) is 7.21. The van der Waals surface area contributed by atoms with Crippen LogP contribution in [0, 0.1) is 11.8 Å². The van der Waals surface area contributed by atoms with Crippen molar-refractivity contribution < 1.29 is 9.59 Å². The number of nitrogens with one attached hydrogen (secondary N) is 1. The molecule has 1 atom stereocenters. The minimum Gasteiger partial charge on any atom is -0.343 e. The Kier molecular flexibility index (Phi) is 6.23. The number of aryl methyl sites for hydroxylation is 1. The number of hydrogen-bond acceptors (Lipinski definition) is 3. The van der Waals surface area contributed by atoms with Gasteiger partial charge in [-0.3, -0.25) is 14.8 Å². The summed E-state index contributed by atoms with van der Waals surface area (Å²) >= 11 is 0. The van der Waals surface area contributed by atoms with Crippen molar-refractivity contribution in [3.05, 3.63) is 12.3 Å². The highest BCUT2D eigenvalue weighted by atomic mass is 16.2. The van der Waals surface area contributed by atoms with Gasteiger partial charge in [-0.25, -0.2) is 4.79 Å². The van der Waals surface area contributed by atoms with Crippen molar-refractivity contribution >= 4 is 17.8 Å². The van der Waals surface area contributed by atoms with Crippen LogP contribution in [-0.2, 0) is 11.3 Å². The molecule has 1 N–H and O–H groups in total. The van der Waals surface area contributed by atoms with Crippen LogP contribution in [0.15, 0.2) is 12.3 Å². The summed E-state index contributed by atoms with van der Waals surface area (Å²) in [6.45, 7) is 8.96. The van der Waals surface area contributed by atoms with Crippen LogP contribution in [0.4, 0.5) is 10.6 Å². The van der Waals surface area contributed by atoms with Crippen molar-refractivity contribution in [1.29, 1.82) is 0 Å². The molecule has 0 aromatic carbocycles. The van der Waals surface area contributed by atoms with Gasteiger partial charge in [0.05, 0.1) is 0 Å². The highest BCUT2D eigenvalue weighted by Crippen LogP contribution is 2.17. The maximum absolute atomic E-state index is 12.3. The summed E-state index contributed by atoms with van der Waals surface area (Å²) in [4.78, 5) is 27.2. The maximum Gasteiger partial charge on any atom is 0.322 e. The van der Waals surface area contributed by atoms with Gasteiger partial charge >= 0.3 is 6.03 Å². The van der Waals surface area contributed by atoms with Gasteiger partial charge in [0.25, 0.3) is 0 Å². The third kappa shape index (κ3) is 5.25. The minimum atomic E-state index is -0.162. The van der Waals surface area contributed by atoms with Crippen LogP contribution in [0.5, 0.6) is 0 Å². The highest BCUT2D eigenvalue weighted by Gasteiger charge is 2.26. The van der Waals surface area contributed by atoms with Gasteiger partial charge in [0, 0.05) is 52.4 Å². The maximum atomic E-state index is 12.3. The van der Waals surface area contributed by atoms with Crippen LogP contribution in [0.2, 0.25) is 0 Å². The predicted octanol–water partition coefficient (Wildman–Crippen LogP) is 2.26. The first-order valence-electron chi connectivity index (χ1n) is 8.66. The molecular weight excluding hydrogens is 306 g/mol. The molecule has 3 amide bonds. The lowest BCUT2D eigenvalue weighted by Gasteiger charge is -2.21. The van der Waals surface area contributed by atoms with Crippen LogP contribution < -0.4 is 5.32 Å². The Bertz CT molecular complexity index is 569. The second-order valence-corrected chi connectivity index (χ2v) is 7.08. The van der Waals surface area contributed by atoms with Gasteiger partial charge in [-0.1, -0.05) is 13.8 Å². The summed E-state index contributed by atoms with van der Waals surface area (Å²) in [6.07, 6.45) is 3.89. The molecule has 134 valence electrons. The molecule has 0 spiro atoms. The molecule has 1 aromatic heterocycles. The molecule has 1 fully saturated rings. The molecule has 1 aromatic rings. The van der Waals surface area contributed by atoms with Crippen molar-refractivity contribution in [3.8, 4) is 0 Å². The number of anilines is 1. The van der Waals surface area contributed by atoms with E-state index in [2.05, 4.69) is 24.3 Å². The molecule has 24 heavy (non-hydrogen) atoms. The number of likely N-dealkylation sites (tertiary alicyclic amines) is 1. The van der Waals surface area contributed by atoms with Crippen molar-refractivity contribution in [2.45, 2.75) is 40.2 Å². The lowest BCUT2D eigenvalue weighted by molar-refractivity contribution is -0.127. The van der Waals surface area contributed by atoms with E-state index in [9.17, 15) is 9.59 Å². The smallest absolute Gasteiger partial charge is 0.322 e. The van der Waals surface area contributed by atoms with E-state index in [-0.39, 0.29) is 11.9 Å². The molecule has 7 nitrogen and oxygen atoms in total. The van der Waals surface area contributed by atoms with E-state index < -0.39 is 0 Å². The molecule has 2 rings (SSSR count). The fourth-order valence-corrected chi connectivity index (χ4v) is 2.89. The first-order valence-corrected chi connectivity index (χ1v) is 8.66. The van der Waals surface area contributed by atoms with Crippen molar-refractivity contribution in [3.63, 3.8) is 0 Å². The number of carbonyl (C=O) groups excluding carboxylic acids is 2. The third-order valence-corrected chi connectivity index (χ3v) is 4.42. The Morgan fingerprint density at radius 1 is 1.46 bits per heavy atom. The van der Waals surface area contributed by atoms with Crippen molar-refractivity contribution in [2.24, 2.45) is 11.8 Å². The van der Waals surface area contributed by atoms with E-state index in [1.165, 1.54) is 0 Å². The number of carbonyl (C=O) groups is 2. The molecule has 2 heterocycles. The summed E-state index contributed by atoms with van der Waals surface area (Å²) in [7, 11) is 1.78. The van der Waals surface area contributed by atoms with Crippen molar-refractivity contribution in [2.75, 3.05) is 32.0 Å². The molecule has 1 unspecified atom stereocenters. The van der Waals surface area contributed by atoms with Gasteiger partial charge in [-0.2, -0.15) is 5.10 Å². The van der Waals surface area contributed by atoms with E-state index >= 15 is 0 Å². The molecule has 1 aliphatic rings. The van der Waals surface area contributed by atoms with Gasteiger partial charge in [-0.15, -0.1) is 0 Å². The minimum absolute atomic E-state index is 0.108. The second-order valence-electron chi connectivity index (χ2n) is 7.08. The quantitative estimate of drug-likeness (QED) is 0.867. The van der Waals surface area contributed by atoms with Crippen LogP contribution in [0.3, 0.4) is 0 Å². The SMILES string of the molecule is CC(=O)N1CCC(CN(C)C(=O)Nc2ccn(CCC(C)C)n2)C1. The first-order chi connectivity index (χ1) is 11.3. The lowest BCUT2D eigenvalue weighted by Crippen LogP contribution is -2.36. The average Bonchev–Trinajstić information content (AvgIpc) is 3.14. The summed E-state index contributed by atoms with van der Waals surface area (Å²) in [6, 6.07) is 1.66. The van der Waals surface area contributed by atoms with E-state index in [1.54, 1.807) is 18.9 Å². The molecule has 0 aliphatic carbocycles. The standard InChI is InChI=1S/C17H29N5O2/c1-13(2)5-9-22-10-7-16(19-22)18-17(24)20(4)11-15-6-8-21(12-15)14(3)23/h7,10,13,15H,5-6,8-9,11-12H2,1-4H3,(H,18,19,24). The zero-order valence-electron chi connectivity index (χ0n) is 15.2. The first kappa shape index (κ1) is 18.3. The van der Waals surface area contributed by atoms with Gasteiger partial charge < -0.3 is 9.80 Å². The van der Waals surface area contributed by atoms with Crippen LogP contribution >= 0.6 is 0 Å². The number of amides is 3. The summed E-state index contributed by atoms with van der Waals surface area (Å²) in [5.41, 5.74) is 0. The molecule has 0 radical (unpaired) electrons. The van der Waals surface area contributed by atoms with Crippen LogP contribution in [0.25, 0.3) is 0 Å². The second kappa shape index (κ2) is 8.17. The normalized spacial score (nSPS) is 17.4. The fraction of sp³-hybridized carbons (Fsp3) is 0.706. The van der Waals surface area contributed by atoms with E-state index in [4.69, 9.17) is 0 Å². The molecule has 0 saturated carbocycles. The largest absolute Gasteiger partial charge is 0.343 e. The van der Waals surface area contributed by atoms with Gasteiger partial charge in [0.15, 0.2) is 5.82 Å². The highest BCUT2D eigenvalue weighted by molar-refractivity contribution is 5.88. The zero-order chi connectivity index (χ0) is 17.7. The third-order valence-electron chi connectivity index (χ3n) is 4.42. The van der Waals surface area contributed by atoms with Crippen molar-refractivity contribution in [1.82, 2.24) is 19.6 Å². The Hall–Kier alpha value is -2.05. The number of aromatic nitrogens is 2. The number of rotatable bonds is 6. The van der Waals surface area contributed by atoms with E-state index in [0.29, 0.717) is 24.2 Å².